The van der Waals surface area contributed by atoms with Gasteiger partial charge in [-0.1, -0.05) is 6.92 Å². The van der Waals surface area contributed by atoms with Crippen molar-refractivity contribution in [2.24, 2.45) is 5.92 Å². The van der Waals surface area contributed by atoms with E-state index < -0.39 is 10.0 Å². The number of benzene rings is 1. The van der Waals surface area contributed by atoms with Gasteiger partial charge in [-0.15, -0.1) is 0 Å². The third-order valence-corrected chi connectivity index (χ3v) is 4.92. The highest BCUT2D eigenvalue weighted by atomic mass is 32.2. The van der Waals surface area contributed by atoms with E-state index in [0.717, 1.165) is 19.3 Å². The molecule has 1 aliphatic carbocycles. The van der Waals surface area contributed by atoms with E-state index in [-0.39, 0.29) is 6.04 Å². The van der Waals surface area contributed by atoms with Crippen LogP contribution in [-0.4, -0.2) is 21.6 Å². The fraction of sp³-hybridized carbons (Fsp3) is 0.538. The van der Waals surface area contributed by atoms with Crippen molar-refractivity contribution in [3.63, 3.8) is 0 Å². The Morgan fingerprint density at radius 1 is 1.22 bits per heavy atom. The molecule has 2 atom stereocenters. The lowest BCUT2D eigenvalue weighted by atomic mass is 10.1. The first-order valence-corrected chi connectivity index (χ1v) is 7.66. The maximum absolute atomic E-state index is 12.1. The van der Waals surface area contributed by atoms with Crippen molar-refractivity contribution < 1.29 is 13.2 Å². The number of nitrogens with one attached hydrogen (secondary N) is 1. The standard InChI is InChI=1S/C13H19NO3S/c1-10-3-4-11(9-10)14-18(15,16)13-7-5-12(17-2)6-8-13/h5-8,10-11,14H,3-4,9H2,1-2H3. The van der Waals surface area contributed by atoms with Crippen LogP contribution in [0.15, 0.2) is 29.2 Å². The van der Waals surface area contributed by atoms with Gasteiger partial charge >= 0.3 is 0 Å². The Labute approximate surface area is 108 Å². The van der Waals surface area contributed by atoms with Gasteiger partial charge in [0.1, 0.15) is 5.75 Å². The minimum absolute atomic E-state index is 0.0760. The molecule has 0 bridgehead atoms. The highest BCUT2D eigenvalue weighted by Crippen LogP contribution is 2.26. The van der Waals surface area contributed by atoms with Gasteiger partial charge < -0.3 is 4.74 Å². The van der Waals surface area contributed by atoms with Gasteiger partial charge in [0.2, 0.25) is 10.0 Å². The van der Waals surface area contributed by atoms with E-state index in [2.05, 4.69) is 11.6 Å². The molecule has 0 heterocycles. The Bertz CT molecular complexity index is 495. The third-order valence-electron chi connectivity index (χ3n) is 3.39. The summed E-state index contributed by atoms with van der Waals surface area (Å²) in [4.78, 5) is 0.294. The topological polar surface area (TPSA) is 55.4 Å². The number of ether oxygens (including phenoxy) is 1. The summed E-state index contributed by atoms with van der Waals surface area (Å²) >= 11 is 0. The largest absolute Gasteiger partial charge is 0.497 e. The van der Waals surface area contributed by atoms with Gasteiger partial charge in [0.05, 0.1) is 12.0 Å². The zero-order valence-electron chi connectivity index (χ0n) is 10.7. The van der Waals surface area contributed by atoms with E-state index >= 15 is 0 Å². The van der Waals surface area contributed by atoms with Crippen molar-refractivity contribution in [3.05, 3.63) is 24.3 Å². The van der Waals surface area contributed by atoms with Crippen LogP contribution in [0.4, 0.5) is 0 Å². The predicted octanol–water partition coefficient (Wildman–Crippen LogP) is 2.16. The van der Waals surface area contributed by atoms with Gasteiger partial charge in [-0.25, -0.2) is 13.1 Å². The zero-order chi connectivity index (χ0) is 13.2. The normalized spacial score (nSPS) is 24.1. The first kappa shape index (κ1) is 13.4. The minimum atomic E-state index is -3.40. The summed E-state index contributed by atoms with van der Waals surface area (Å²) in [5, 5.41) is 0. The quantitative estimate of drug-likeness (QED) is 0.911. The zero-order valence-corrected chi connectivity index (χ0v) is 11.5. The van der Waals surface area contributed by atoms with E-state index in [0.29, 0.717) is 16.6 Å². The van der Waals surface area contributed by atoms with Crippen molar-refractivity contribution in [2.75, 3.05) is 7.11 Å². The number of hydrogen-bond acceptors (Lipinski definition) is 3. The Morgan fingerprint density at radius 3 is 2.39 bits per heavy atom. The summed E-state index contributed by atoms with van der Waals surface area (Å²) in [7, 11) is -1.84. The van der Waals surface area contributed by atoms with Crippen LogP contribution in [0.1, 0.15) is 26.2 Å². The first-order valence-electron chi connectivity index (χ1n) is 6.17. The summed E-state index contributed by atoms with van der Waals surface area (Å²) in [5.41, 5.74) is 0. The van der Waals surface area contributed by atoms with Crippen LogP contribution >= 0.6 is 0 Å². The molecule has 2 unspecified atom stereocenters. The molecule has 100 valence electrons. The Balaban J connectivity index is 2.10. The summed E-state index contributed by atoms with van der Waals surface area (Å²) in [5.74, 6) is 1.26. The van der Waals surface area contributed by atoms with Crippen LogP contribution < -0.4 is 9.46 Å². The van der Waals surface area contributed by atoms with E-state index in [1.54, 1.807) is 31.4 Å². The molecule has 0 aromatic heterocycles. The SMILES string of the molecule is COc1ccc(S(=O)(=O)NC2CCC(C)C2)cc1. The van der Waals surface area contributed by atoms with Crippen LogP contribution in [0, 0.1) is 5.92 Å². The molecule has 1 N–H and O–H groups in total. The Kier molecular flexibility index (Phi) is 3.92. The van der Waals surface area contributed by atoms with Crippen molar-refractivity contribution >= 4 is 10.0 Å². The van der Waals surface area contributed by atoms with Gasteiger partial charge in [-0.3, -0.25) is 0 Å². The van der Waals surface area contributed by atoms with Gasteiger partial charge in [-0.2, -0.15) is 0 Å². The number of rotatable bonds is 4. The van der Waals surface area contributed by atoms with E-state index in [1.807, 2.05) is 0 Å². The molecular formula is C13H19NO3S. The summed E-state index contributed by atoms with van der Waals surface area (Å²) in [6.07, 6.45) is 2.95. The van der Waals surface area contributed by atoms with Crippen LogP contribution in [0.25, 0.3) is 0 Å². The second-order valence-corrected chi connectivity index (χ2v) is 6.63. The maximum atomic E-state index is 12.1. The Morgan fingerprint density at radius 2 is 1.89 bits per heavy atom. The predicted molar refractivity (Wildman–Crippen MR) is 70.1 cm³/mol. The van der Waals surface area contributed by atoms with E-state index in [4.69, 9.17) is 4.74 Å². The fourth-order valence-corrected chi connectivity index (χ4v) is 3.64. The molecule has 0 saturated heterocycles. The molecule has 5 heteroatoms. The highest BCUT2D eigenvalue weighted by molar-refractivity contribution is 7.89. The number of hydrogen-bond donors (Lipinski definition) is 1. The van der Waals surface area contributed by atoms with Gasteiger partial charge in [0.25, 0.3) is 0 Å². The van der Waals surface area contributed by atoms with Crippen molar-refractivity contribution in [1.29, 1.82) is 0 Å². The molecule has 1 saturated carbocycles. The first-order chi connectivity index (χ1) is 8.51. The van der Waals surface area contributed by atoms with Gasteiger partial charge in [0.15, 0.2) is 0 Å². The summed E-state index contributed by atoms with van der Waals surface area (Å²) < 4.78 is 32.1. The maximum Gasteiger partial charge on any atom is 0.240 e. The lowest BCUT2D eigenvalue weighted by Gasteiger charge is -2.13. The average Bonchev–Trinajstić information content (AvgIpc) is 2.74. The smallest absolute Gasteiger partial charge is 0.240 e. The van der Waals surface area contributed by atoms with Crippen LogP contribution in [0.2, 0.25) is 0 Å². The molecule has 0 amide bonds. The van der Waals surface area contributed by atoms with Crippen molar-refractivity contribution in [3.8, 4) is 5.75 Å². The monoisotopic (exact) mass is 269 g/mol. The second-order valence-electron chi connectivity index (χ2n) is 4.91. The highest BCUT2D eigenvalue weighted by Gasteiger charge is 2.26. The molecule has 1 aromatic carbocycles. The molecule has 2 rings (SSSR count). The number of methoxy groups -OCH3 is 1. The fourth-order valence-electron chi connectivity index (χ4n) is 2.36. The van der Waals surface area contributed by atoms with Crippen LogP contribution in [0.3, 0.4) is 0 Å². The van der Waals surface area contributed by atoms with E-state index in [1.165, 1.54) is 0 Å². The molecule has 18 heavy (non-hydrogen) atoms. The van der Waals surface area contributed by atoms with Crippen LogP contribution in [-0.2, 0) is 10.0 Å². The molecule has 4 nitrogen and oxygen atoms in total. The third kappa shape index (κ3) is 3.03. The van der Waals surface area contributed by atoms with Crippen LogP contribution in [0.5, 0.6) is 5.75 Å². The summed E-state index contributed by atoms with van der Waals surface area (Å²) in [6, 6.07) is 6.53. The second kappa shape index (κ2) is 5.28. The molecule has 0 aliphatic heterocycles. The lowest BCUT2D eigenvalue weighted by Crippen LogP contribution is -2.32. The van der Waals surface area contributed by atoms with Crippen molar-refractivity contribution in [2.45, 2.75) is 37.1 Å². The summed E-state index contributed by atoms with van der Waals surface area (Å²) in [6.45, 7) is 2.15. The molecule has 1 fully saturated rings. The molecule has 1 aliphatic rings. The van der Waals surface area contributed by atoms with Gasteiger partial charge in [-0.05, 0) is 49.4 Å². The lowest BCUT2D eigenvalue weighted by molar-refractivity contribution is 0.414. The molecular weight excluding hydrogens is 250 g/mol. The number of sulfonamides is 1. The van der Waals surface area contributed by atoms with E-state index in [9.17, 15) is 8.42 Å². The minimum Gasteiger partial charge on any atom is -0.497 e. The van der Waals surface area contributed by atoms with Crippen molar-refractivity contribution in [1.82, 2.24) is 4.72 Å². The van der Waals surface area contributed by atoms with Gasteiger partial charge in [0, 0.05) is 6.04 Å². The molecule has 1 aromatic rings. The Hall–Kier alpha value is -1.07. The molecule has 0 radical (unpaired) electrons. The average molecular weight is 269 g/mol. The molecule has 0 spiro atoms.